The molecule has 1 aliphatic rings. The Morgan fingerprint density at radius 2 is 1.91 bits per heavy atom. The number of halogens is 4. The zero-order valence-electron chi connectivity index (χ0n) is 18.0. The normalized spacial score (nSPS) is 13.6. The lowest BCUT2D eigenvalue weighted by Gasteiger charge is -2.20. The van der Waals surface area contributed by atoms with E-state index >= 15 is 0 Å². The number of alkyl halides is 3. The first-order chi connectivity index (χ1) is 15.5. The Morgan fingerprint density at radius 1 is 1.18 bits per heavy atom. The highest BCUT2D eigenvalue weighted by atomic mass is 35.5. The summed E-state index contributed by atoms with van der Waals surface area (Å²) in [5.74, 6) is -0.518. The Morgan fingerprint density at radius 3 is 2.58 bits per heavy atom. The average Bonchev–Trinajstić information content (AvgIpc) is 3.08. The third-order valence-electron chi connectivity index (χ3n) is 5.49. The maximum Gasteiger partial charge on any atom is 0.416 e. The van der Waals surface area contributed by atoms with E-state index in [0.717, 1.165) is 36.7 Å². The maximum absolute atomic E-state index is 13.3. The van der Waals surface area contributed by atoms with Crippen LogP contribution in [0.15, 0.2) is 29.1 Å². The Bertz CT molecular complexity index is 1300. The van der Waals surface area contributed by atoms with Gasteiger partial charge in [-0.15, -0.1) is 0 Å². The van der Waals surface area contributed by atoms with Crippen LogP contribution < -0.4 is 10.9 Å². The van der Waals surface area contributed by atoms with Gasteiger partial charge in [0.15, 0.2) is 0 Å². The minimum Gasteiger partial charge on any atom is -0.323 e. The highest BCUT2D eigenvalue weighted by Gasteiger charge is 2.31. The summed E-state index contributed by atoms with van der Waals surface area (Å²) in [5.41, 5.74) is 1.19. The summed E-state index contributed by atoms with van der Waals surface area (Å²) in [6.45, 7) is 3.14. The van der Waals surface area contributed by atoms with Crippen molar-refractivity contribution in [1.29, 1.82) is 0 Å². The van der Waals surface area contributed by atoms with Gasteiger partial charge in [-0.25, -0.2) is 9.67 Å². The van der Waals surface area contributed by atoms with Crippen LogP contribution in [0.4, 0.5) is 18.9 Å². The van der Waals surface area contributed by atoms with Gasteiger partial charge in [0.05, 0.1) is 27.7 Å². The van der Waals surface area contributed by atoms with Crippen molar-refractivity contribution in [3.8, 4) is 5.95 Å². The molecule has 0 unspecified atom stereocenters. The number of carbonyl (C=O) groups is 1. The number of anilines is 1. The van der Waals surface area contributed by atoms with Gasteiger partial charge in [-0.3, -0.25) is 14.2 Å². The number of carbonyl (C=O) groups excluding carboxylic acids is 1. The van der Waals surface area contributed by atoms with Crippen molar-refractivity contribution >= 4 is 23.2 Å². The quantitative estimate of drug-likeness (QED) is 0.607. The van der Waals surface area contributed by atoms with Crippen molar-refractivity contribution in [3.05, 3.63) is 67.9 Å². The SMILES string of the molecule is Cc1cc(C)n(-c2nc3c(c(=O)n2CC(=O)Nc2cc(C(F)(F)F)ccc2Cl)CCCC3)n1. The number of hydrogen-bond acceptors (Lipinski definition) is 4. The lowest BCUT2D eigenvalue weighted by Crippen LogP contribution is -2.36. The molecule has 1 amide bonds. The van der Waals surface area contributed by atoms with Crippen LogP contribution in [0.25, 0.3) is 5.95 Å². The molecule has 1 aromatic carbocycles. The predicted molar refractivity (Wildman–Crippen MR) is 117 cm³/mol. The summed E-state index contributed by atoms with van der Waals surface area (Å²) in [6.07, 6.45) is -1.63. The summed E-state index contributed by atoms with van der Waals surface area (Å²) in [4.78, 5) is 30.8. The van der Waals surface area contributed by atoms with E-state index in [0.29, 0.717) is 29.8 Å². The minimum atomic E-state index is -4.59. The second-order valence-electron chi connectivity index (χ2n) is 8.01. The average molecular weight is 480 g/mol. The molecule has 1 N–H and O–H groups in total. The first kappa shape index (κ1) is 23.0. The highest BCUT2D eigenvalue weighted by Crippen LogP contribution is 2.33. The van der Waals surface area contributed by atoms with E-state index in [1.165, 1.54) is 9.25 Å². The van der Waals surface area contributed by atoms with E-state index in [4.69, 9.17) is 11.6 Å². The van der Waals surface area contributed by atoms with Gasteiger partial charge in [-0.1, -0.05) is 11.6 Å². The molecule has 0 saturated carbocycles. The molecule has 4 rings (SSSR count). The molecule has 0 spiro atoms. The summed E-state index contributed by atoms with van der Waals surface area (Å²) >= 11 is 5.99. The van der Waals surface area contributed by atoms with Gasteiger partial charge in [0.25, 0.3) is 5.56 Å². The molecular formula is C22H21ClF3N5O2. The van der Waals surface area contributed by atoms with E-state index in [2.05, 4.69) is 15.4 Å². The molecule has 0 atom stereocenters. The molecule has 0 bridgehead atoms. The van der Waals surface area contributed by atoms with Crippen LogP contribution in [0, 0.1) is 13.8 Å². The van der Waals surface area contributed by atoms with E-state index in [-0.39, 0.29) is 22.2 Å². The molecule has 3 aromatic rings. The summed E-state index contributed by atoms with van der Waals surface area (Å²) in [7, 11) is 0. The first-order valence-electron chi connectivity index (χ1n) is 10.4. The predicted octanol–water partition coefficient (Wildman–Crippen LogP) is 4.24. The fraction of sp³-hybridized carbons (Fsp3) is 0.364. The van der Waals surface area contributed by atoms with Crippen molar-refractivity contribution in [2.24, 2.45) is 0 Å². The van der Waals surface area contributed by atoms with Crippen LogP contribution in [0.1, 0.15) is 41.1 Å². The maximum atomic E-state index is 13.3. The summed E-state index contributed by atoms with van der Waals surface area (Å²) < 4.78 is 41.9. The van der Waals surface area contributed by atoms with Crippen LogP contribution in [0.2, 0.25) is 5.02 Å². The number of fused-ring (bicyclic) bond motifs is 1. The van der Waals surface area contributed by atoms with Crippen LogP contribution in [-0.2, 0) is 30.4 Å². The van der Waals surface area contributed by atoms with E-state index in [1.54, 1.807) is 13.8 Å². The summed E-state index contributed by atoms with van der Waals surface area (Å²) in [6, 6.07) is 4.47. The molecule has 1 aliphatic carbocycles. The molecule has 0 fully saturated rings. The van der Waals surface area contributed by atoms with Crippen molar-refractivity contribution < 1.29 is 18.0 Å². The zero-order valence-corrected chi connectivity index (χ0v) is 18.7. The number of nitrogens with zero attached hydrogens (tertiary/aromatic N) is 4. The third-order valence-corrected chi connectivity index (χ3v) is 5.82. The topological polar surface area (TPSA) is 81.8 Å². The molecular weight excluding hydrogens is 459 g/mol. The number of hydrogen-bond donors (Lipinski definition) is 1. The molecule has 11 heteroatoms. The fourth-order valence-corrected chi connectivity index (χ4v) is 4.11. The van der Waals surface area contributed by atoms with E-state index < -0.39 is 24.2 Å². The lowest BCUT2D eigenvalue weighted by molar-refractivity contribution is -0.137. The first-order valence-corrected chi connectivity index (χ1v) is 10.7. The van der Waals surface area contributed by atoms with Gasteiger partial charge in [0, 0.05) is 11.3 Å². The molecule has 0 radical (unpaired) electrons. The molecule has 2 aromatic heterocycles. The van der Waals surface area contributed by atoms with Crippen LogP contribution in [-0.4, -0.2) is 25.2 Å². The Kier molecular flexibility index (Phi) is 6.04. The van der Waals surface area contributed by atoms with E-state index in [9.17, 15) is 22.8 Å². The van der Waals surface area contributed by atoms with Crippen LogP contribution in [0.3, 0.4) is 0 Å². The Labute approximate surface area is 192 Å². The second-order valence-corrected chi connectivity index (χ2v) is 8.42. The minimum absolute atomic E-state index is 0.0500. The van der Waals surface area contributed by atoms with Crippen molar-refractivity contribution in [3.63, 3.8) is 0 Å². The third kappa shape index (κ3) is 4.66. The molecule has 0 aliphatic heterocycles. The monoisotopic (exact) mass is 479 g/mol. The Balaban J connectivity index is 1.73. The van der Waals surface area contributed by atoms with Gasteiger partial charge >= 0.3 is 6.18 Å². The number of nitrogens with one attached hydrogen (secondary N) is 1. The van der Waals surface area contributed by atoms with Gasteiger partial charge in [-0.05, 0) is 63.8 Å². The van der Waals surface area contributed by atoms with Crippen molar-refractivity contribution in [1.82, 2.24) is 19.3 Å². The smallest absolute Gasteiger partial charge is 0.323 e. The van der Waals surface area contributed by atoms with Crippen LogP contribution in [0.5, 0.6) is 0 Å². The molecule has 33 heavy (non-hydrogen) atoms. The number of benzene rings is 1. The van der Waals surface area contributed by atoms with Crippen molar-refractivity contribution in [2.45, 2.75) is 52.3 Å². The van der Waals surface area contributed by atoms with Gasteiger partial charge in [-0.2, -0.15) is 18.3 Å². The lowest BCUT2D eigenvalue weighted by atomic mass is 9.97. The van der Waals surface area contributed by atoms with Gasteiger partial charge in [0.2, 0.25) is 11.9 Å². The second kappa shape index (κ2) is 8.66. The van der Waals surface area contributed by atoms with E-state index in [1.807, 2.05) is 6.07 Å². The largest absolute Gasteiger partial charge is 0.416 e. The standard InChI is InChI=1S/C22H21ClF3N5O2/c1-12-9-13(2)31(29-12)21-28-17-6-4-3-5-15(17)20(33)30(21)11-19(32)27-18-10-14(22(24,25)26)7-8-16(18)23/h7-10H,3-6,11H2,1-2H3,(H,27,32). The Hall–Kier alpha value is -3.14. The molecule has 2 heterocycles. The van der Waals surface area contributed by atoms with Crippen LogP contribution >= 0.6 is 11.6 Å². The number of aryl methyl sites for hydroxylation is 3. The molecule has 7 nitrogen and oxygen atoms in total. The fourth-order valence-electron chi connectivity index (χ4n) is 3.94. The number of rotatable bonds is 4. The highest BCUT2D eigenvalue weighted by molar-refractivity contribution is 6.33. The zero-order chi connectivity index (χ0) is 23.9. The number of amides is 1. The van der Waals surface area contributed by atoms with Gasteiger partial charge < -0.3 is 5.32 Å². The molecule has 0 saturated heterocycles. The number of aromatic nitrogens is 4. The molecule has 174 valence electrons. The van der Waals surface area contributed by atoms with Gasteiger partial charge in [0.1, 0.15) is 6.54 Å². The summed E-state index contributed by atoms with van der Waals surface area (Å²) in [5, 5.41) is 6.73. The van der Waals surface area contributed by atoms with Crippen molar-refractivity contribution in [2.75, 3.05) is 5.32 Å².